The van der Waals surface area contributed by atoms with Crippen molar-refractivity contribution in [1.29, 1.82) is 0 Å². The normalized spacial score (nSPS) is 10.4. The number of para-hydroxylation sites is 2. The lowest BCUT2D eigenvalue weighted by molar-refractivity contribution is 0.0590. The molecule has 5 heteroatoms. The standard InChI is InChI=1S/C17H12N2O3/c1-22-17(21)15-14(16(20)11-7-3-2-4-8-11)18-12-9-5-6-10-13(12)19-15/h2-10H,1H3. The zero-order chi connectivity index (χ0) is 15.5. The predicted octanol–water partition coefficient (Wildman–Crippen LogP) is 2.65. The Kier molecular flexibility index (Phi) is 3.62. The van der Waals surface area contributed by atoms with Gasteiger partial charge in [0.15, 0.2) is 5.69 Å². The fourth-order valence-corrected chi connectivity index (χ4v) is 2.12. The van der Waals surface area contributed by atoms with Crippen LogP contribution < -0.4 is 0 Å². The molecule has 0 aliphatic rings. The van der Waals surface area contributed by atoms with Crippen LogP contribution in [0.2, 0.25) is 0 Å². The number of hydrogen-bond donors (Lipinski definition) is 0. The van der Waals surface area contributed by atoms with Crippen LogP contribution in [0.15, 0.2) is 54.6 Å². The molecule has 0 bridgehead atoms. The molecule has 0 N–H and O–H groups in total. The number of carbonyl (C=O) groups is 2. The van der Waals surface area contributed by atoms with E-state index in [0.29, 0.717) is 16.6 Å². The summed E-state index contributed by atoms with van der Waals surface area (Å²) in [4.78, 5) is 33.1. The van der Waals surface area contributed by atoms with Crippen LogP contribution in [0, 0.1) is 0 Å². The minimum Gasteiger partial charge on any atom is -0.464 e. The summed E-state index contributed by atoms with van der Waals surface area (Å²) in [5, 5.41) is 0. The van der Waals surface area contributed by atoms with E-state index in [2.05, 4.69) is 9.97 Å². The highest BCUT2D eigenvalue weighted by Crippen LogP contribution is 2.17. The lowest BCUT2D eigenvalue weighted by Gasteiger charge is -2.07. The van der Waals surface area contributed by atoms with Gasteiger partial charge in [0.05, 0.1) is 18.1 Å². The van der Waals surface area contributed by atoms with E-state index < -0.39 is 5.97 Å². The molecule has 0 amide bonds. The molecule has 1 heterocycles. The van der Waals surface area contributed by atoms with Crippen LogP contribution in [0.3, 0.4) is 0 Å². The Labute approximate surface area is 126 Å². The van der Waals surface area contributed by atoms with Crippen LogP contribution in [0.25, 0.3) is 11.0 Å². The SMILES string of the molecule is COC(=O)c1nc2ccccc2nc1C(=O)c1ccccc1. The Morgan fingerprint density at radius 1 is 0.818 bits per heavy atom. The number of fused-ring (bicyclic) bond motifs is 1. The zero-order valence-electron chi connectivity index (χ0n) is 11.8. The predicted molar refractivity (Wildman–Crippen MR) is 80.8 cm³/mol. The maximum Gasteiger partial charge on any atom is 0.359 e. The van der Waals surface area contributed by atoms with Gasteiger partial charge in [0.1, 0.15) is 5.69 Å². The van der Waals surface area contributed by atoms with Crippen molar-refractivity contribution in [3.8, 4) is 0 Å². The number of nitrogens with zero attached hydrogens (tertiary/aromatic N) is 2. The number of hydrogen-bond acceptors (Lipinski definition) is 5. The van der Waals surface area contributed by atoms with Crippen molar-refractivity contribution >= 4 is 22.8 Å². The first-order valence-electron chi connectivity index (χ1n) is 6.65. The first-order valence-corrected chi connectivity index (χ1v) is 6.65. The zero-order valence-corrected chi connectivity index (χ0v) is 11.8. The monoisotopic (exact) mass is 292 g/mol. The van der Waals surface area contributed by atoms with Crippen LogP contribution in [-0.2, 0) is 4.74 Å². The molecular formula is C17H12N2O3. The molecular weight excluding hydrogens is 280 g/mol. The molecule has 0 radical (unpaired) electrons. The highest BCUT2D eigenvalue weighted by Gasteiger charge is 2.23. The quantitative estimate of drug-likeness (QED) is 0.548. The van der Waals surface area contributed by atoms with Crippen molar-refractivity contribution in [2.24, 2.45) is 0 Å². The molecule has 3 rings (SSSR count). The van der Waals surface area contributed by atoms with Gasteiger partial charge in [0.25, 0.3) is 0 Å². The molecule has 5 nitrogen and oxygen atoms in total. The smallest absolute Gasteiger partial charge is 0.359 e. The molecule has 22 heavy (non-hydrogen) atoms. The van der Waals surface area contributed by atoms with Crippen LogP contribution in [0.5, 0.6) is 0 Å². The lowest BCUT2D eigenvalue weighted by atomic mass is 10.1. The minimum absolute atomic E-state index is 0.00301. The topological polar surface area (TPSA) is 69.2 Å². The molecule has 1 aromatic heterocycles. The first-order chi connectivity index (χ1) is 10.7. The fraction of sp³-hybridized carbons (Fsp3) is 0.0588. The van der Waals surface area contributed by atoms with Crippen molar-refractivity contribution in [2.45, 2.75) is 0 Å². The van der Waals surface area contributed by atoms with Crippen molar-refractivity contribution in [3.05, 3.63) is 71.5 Å². The van der Waals surface area contributed by atoms with Gasteiger partial charge >= 0.3 is 5.97 Å². The van der Waals surface area contributed by atoms with Gasteiger partial charge in [-0.25, -0.2) is 14.8 Å². The Morgan fingerprint density at radius 3 is 1.95 bits per heavy atom. The van der Waals surface area contributed by atoms with Gasteiger partial charge in [0, 0.05) is 5.56 Å². The van der Waals surface area contributed by atoms with E-state index in [1.54, 1.807) is 48.5 Å². The van der Waals surface area contributed by atoms with E-state index in [9.17, 15) is 9.59 Å². The van der Waals surface area contributed by atoms with Crippen LogP contribution in [-0.4, -0.2) is 28.8 Å². The summed E-state index contributed by atoms with van der Waals surface area (Å²) in [5.41, 5.74) is 1.45. The average molecular weight is 292 g/mol. The number of carbonyl (C=O) groups excluding carboxylic acids is 2. The van der Waals surface area contributed by atoms with Gasteiger partial charge < -0.3 is 4.74 Å². The molecule has 108 valence electrons. The second-order valence-electron chi connectivity index (χ2n) is 4.60. The number of ketones is 1. The summed E-state index contributed by atoms with van der Waals surface area (Å²) in [6.07, 6.45) is 0. The molecule has 0 fully saturated rings. The summed E-state index contributed by atoms with van der Waals surface area (Å²) in [5.74, 6) is -1.04. The van der Waals surface area contributed by atoms with Crippen LogP contribution >= 0.6 is 0 Å². The second-order valence-corrected chi connectivity index (χ2v) is 4.60. The molecule has 0 aliphatic carbocycles. The Hall–Kier alpha value is -3.08. The summed E-state index contributed by atoms with van der Waals surface area (Å²) in [6, 6.07) is 15.7. The number of esters is 1. The average Bonchev–Trinajstić information content (AvgIpc) is 2.60. The summed E-state index contributed by atoms with van der Waals surface area (Å²) in [6.45, 7) is 0. The number of methoxy groups -OCH3 is 1. The third-order valence-electron chi connectivity index (χ3n) is 3.20. The molecule has 0 atom stereocenters. The molecule has 2 aromatic carbocycles. The Morgan fingerprint density at radius 2 is 1.36 bits per heavy atom. The van der Waals surface area contributed by atoms with Gasteiger partial charge in [-0.2, -0.15) is 0 Å². The van der Waals surface area contributed by atoms with E-state index in [0.717, 1.165) is 0 Å². The summed E-state index contributed by atoms with van der Waals surface area (Å²) < 4.78 is 4.72. The molecule has 0 saturated carbocycles. The number of benzene rings is 2. The van der Waals surface area contributed by atoms with Crippen molar-refractivity contribution < 1.29 is 14.3 Å². The number of rotatable bonds is 3. The number of ether oxygens (including phenoxy) is 1. The number of aromatic nitrogens is 2. The third kappa shape index (κ3) is 2.44. The van der Waals surface area contributed by atoms with Crippen molar-refractivity contribution in [2.75, 3.05) is 7.11 Å². The minimum atomic E-state index is -0.683. The van der Waals surface area contributed by atoms with Gasteiger partial charge in [-0.15, -0.1) is 0 Å². The van der Waals surface area contributed by atoms with Gasteiger partial charge in [-0.1, -0.05) is 42.5 Å². The molecule has 0 aliphatic heterocycles. The van der Waals surface area contributed by atoms with E-state index >= 15 is 0 Å². The Bertz CT molecular complexity index is 860. The van der Waals surface area contributed by atoms with Gasteiger partial charge in [0.2, 0.25) is 5.78 Å². The van der Waals surface area contributed by atoms with Gasteiger partial charge in [-0.05, 0) is 12.1 Å². The van der Waals surface area contributed by atoms with Crippen molar-refractivity contribution in [3.63, 3.8) is 0 Å². The van der Waals surface area contributed by atoms with Crippen LogP contribution in [0.4, 0.5) is 0 Å². The van der Waals surface area contributed by atoms with E-state index in [-0.39, 0.29) is 17.2 Å². The third-order valence-corrected chi connectivity index (χ3v) is 3.20. The lowest BCUT2D eigenvalue weighted by Crippen LogP contribution is -2.16. The molecule has 3 aromatic rings. The first kappa shape index (κ1) is 13.9. The largest absolute Gasteiger partial charge is 0.464 e. The molecule has 0 unspecified atom stereocenters. The second kappa shape index (κ2) is 5.73. The maximum atomic E-state index is 12.6. The summed E-state index contributed by atoms with van der Waals surface area (Å²) in [7, 11) is 1.25. The molecule has 0 spiro atoms. The fourth-order valence-electron chi connectivity index (χ4n) is 2.12. The molecule has 0 saturated heterocycles. The highest BCUT2D eigenvalue weighted by atomic mass is 16.5. The van der Waals surface area contributed by atoms with Gasteiger partial charge in [-0.3, -0.25) is 4.79 Å². The van der Waals surface area contributed by atoms with E-state index in [1.165, 1.54) is 7.11 Å². The Balaban J connectivity index is 2.22. The van der Waals surface area contributed by atoms with E-state index in [1.807, 2.05) is 6.07 Å². The van der Waals surface area contributed by atoms with Crippen molar-refractivity contribution in [1.82, 2.24) is 9.97 Å². The van der Waals surface area contributed by atoms with E-state index in [4.69, 9.17) is 4.74 Å². The maximum absolute atomic E-state index is 12.6. The highest BCUT2D eigenvalue weighted by molar-refractivity contribution is 6.13. The summed E-state index contributed by atoms with van der Waals surface area (Å²) >= 11 is 0. The van der Waals surface area contributed by atoms with Crippen LogP contribution in [0.1, 0.15) is 26.5 Å².